The molecule has 0 saturated carbocycles. The average molecular weight is 271 g/mol. The summed E-state index contributed by atoms with van der Waals surface area (Å²) >= 11 is 0. The highest BCUT2D eigenvalue weighted by atomic mass is 15.3. The molecule has 1 atom stereocenters. The first kappa shape index (κ1) is 14.2. The molecule has 0 aliphatic rings. The van der Waals surface area contributed by atoms with Crippen LogP contribution in [0.1, 0.15) is 32.4 Å². The van der Waals surface area contributed by atoms with Crippen molar-refractivity contribution in [3.05, 3.63) is 42.1 Å². The molecule has 1 unspecified atom stereocenters. The van der Waals surface area contributed by atoms with Gasteiger partial charge in [-0.05, 0) is 18.4 Å². The molecule has 0 aliphatic heterocycles. The van der Waals surface area contributed by atoms with Gasteiger partial charge in [-0.25, -0.2) is 0 Å². The van der Waals surface area contributed by atoms with Gasteiger partial charge in [0.15, 0.2) is 5.82 Å². The molecule has 0 bridgehead atoms. The molecule has 0 fully saturated rings. The van der Waals surface area contributed by atoms with Crippen LogP contribution in [0.4, 0.5) is 11.8 Å². The Morgan fingerprint density at radius 1 is 1.10 bits per heavy atom. The number of aromatic nitrogens is 3. The normalized spacial score (nSPS) is 12.2. The van der Waals surface area contributed by atoms with E-state index in [-0.39, 0.29) is 6.04 Å². The maximum atomic E-state index is 4.41. The Morgan fingerprint density at radius 2 is 1.85 bits per heavy atom. The zero-order chi connectivity index (χ0) is 14.4. The van der Waals surface area contributed by atoms with Gasteiger partial charge < -0.3 is 10.6 Å². The number of benzene rings is 1. The van der Waals surface area contributed by atoms with E-state index < -0.39 is 0 Å². The fourth-order valence-corrected chi connectivity index (χ4v) is 1.79. The van der Waals surface area contributed by atoms with Crippen molar-refractivity contribution in [1.29, 1.82) is 0 Å². The second-order valence-electron chi connectivity index (χ2n) is 5.22. The molecule has 20 heavy (non-hydrogen) atoms. The molecule has 1 aromatic heterocycles. The Hall–Kier alpha value is -2.17. The first-order valence-corrected chi connectivity index (χ1v) is 6.90. The molecule has 5 heteroatoms. The average Bonchev–Trinajstić information content (AvgIpc) is 2.46. The summed E-state index contributed by atoms with van der Waals surface area (Å²) in [7, 11) is 0. The first-order chi connectivity index (χ1) is 9.65. The zero-order valence-electron chi connectivity index (χ0n) is 12.2. The molecule has 0 radical (unpaired) electrons. The smallest absolute Gasteiger partial charge is 0.244 e. The van der Waals surface area contributed by atoms with E-state index in [9.17, 15) is 0 Å². The van der Waals surface area contributed by atoms with Gasteiger partial charge in [0.1, 0.15) is 0 Å². The Balaban J connectivity index is 2.00. The maximum Gasteiger partial charge on any atom is 0.244 e. The molecule has 0 spiro atoms. The molecule has 2 N–H and O–H groups in total. The molecule has 0 saturated heterocycles. The Bertz CT molecular complexity index is 527. The monoisotopic (exact) mass is 271 g/mol. The number of anilines is 2. The number of hydrogen-bond donors (Lipinski definition) is 2. The van der Waals surface area contributed by atoms with Crippen LogP contribution in [0.15, 0.2) is 36.5 Å². The van der Waals surface area contributed by atoms with Crippen LogP contribution in [-0.2, 0) is 0 Å². The summed E-state index contributed by atoms with van der Waals surface area (Å²) in [4.78, 5) is 4.41. The molecule has 2 rings (SSSR count). The minimum absolute atomic E-state index is 0.172. The van der Waals surface area contributed by atoms with Gasteiger partial charge in [-0.15, -0.1) is 5.10 Å². The fourth-order valence-electron chi connectivity index (χ4n) is 1.79. The summed E-state index contributed by atoms with van der Waals surface area (Å²) in [6.45, 7) is 7.21. The Kier molecular flexibility index (Phi) is 4.87. The predicted octanol–water partition coefficient (Wildman–Crippen LogP) is 3.11. The van der Waals surface area contributed by atoms with Crippen LogP contribution < -0.4 is 10.6 Å². The minimum Gasteiger partial charge on any atom is -0.362 e. The van der Waals surface area contributed by atoms with Crippen LogP contribution in [-0.4, -0.2) is 21.7 Å². The first-order valence-electron chi connectivity index (χ1n) is 6.90. The van der Waals surface area contributed by atoms with E-state index in [1.165, 1.54) is 5.56 Å². The van der Waals surface area contributed by atoms with Crippen molar-refractivity contribution in [2.45, 2.75) is 26.8 Å². The van der Waals surface area contributed by atoms with Gasteiger partial charge in [-0.2, -0.15) is 10.1 Å². The summed E-state index contributed by atoms with van der Waals surface area (Å²) in [6, 6.07) is 10.4. The van der Waals surface area contributed by atoms with Crippen molar-refractivity contribution in [2.24, 2.45) is 5.92 Å². The second-order valence-corrected chi connectivity index (χ2v) is 5.22. The highest BCUT2D eigenvalue weighted by Crippen LogP contribution is 2.17. The van der Waals surface area contributed by atoms with Crippen molar-refractivity contribution >= 4 is 11.8 Å². The molecule has 1 aromatic carbocycles. The van der Waals surface area contributed by atoms with E-state index in [2.05, 4.69) is 58.7 Å². The van der Waals surface area contributed by atoms with Crippen molar-refractivity contribution in [3.63, 3.8) is 0 Å². The van der Waals surface area contributed by atoms with E-state index in [4.69, 9.17) is 0 Å². The Morgan fingerprint density at radius 3 is 2.55 bits per heavy atom. The summed E-state index contributed by atoms with van der Waals surface area (Å²) < 4.78 is 0. The van der Waals surface area contributed by atoms with Crippen LogP contribution in [0.5, 0.6) is 0 Å². The lowest BCUT2D eigenvalue weighted by molar-refractivity contribution is 0.682. The van der Waals surface area contributed by atoms with Crippen LogP contribution in [0.3, 0.4) is 0 Å². The van der Waals surface area contributed by atoms with Crippen LogP contribution in [0.2, 0.25) is 0 Å². The molecular formula is C15H21N5. The lowest BCUT2D eigenvalue weighted by Crippen LogP contribution is -2.13. The van der Waals surface area contributed by atoms with Crippen molar-refractivity contribution in [2.75, 3.05) is 17.2 Å². The van der Waals surface area contributed by atoms with Crippen molar-refractivity contribution < 1.29 is 0 Å². The minimum atomic E-state index is 0.172. The van der Waals surface area contributed by atoms with Crippen LogP contribution >= 0.6 is 0 Å². The van der Waals surface area contributed by atoms with E-state index in [0.717, 1.165) is 12.4 Å². The van der Waals surface area contributed by atoms with Gasteiger partial charge >= 0.3 is 0 Å². The fraction of sp³-hybridized carbons (Fsp3) is 0.400. The van der Waals surface area contributed by atoms with E-state index in [1.807, 2.05) is 18.2 Å². The summed E-state index contributed by atoms with van der Waals surface area (Å²) in [5, 5.41) is 14.5. The van der Waals surface area contributed by atoms with Gasteiger partial charge in [0.05, 0.1) is 6.20 Å². The van der Waals surface area contributed by atoms with E-state index >= 15 is 0 Å². The third-order valence-corrected chi connectivity index (χ3v) is 2.89. The topological polar surface area (TPSA) is 62.7 Å². The predicted molar refractivity (Wildman–Crippen MR) is 81.6 cm³/mol. The molecule has 106 valence electrons. The van der Waals surface area contributed by atoms with E-state index in [1.54, 1.807) is 6.20 Å². The molecule has 5 nitrogen and oxygen atoms in total. The SMILES string of the molecule is CC(C)CNc1nncc(NC(C)c2ccccc2)n1. The van der Waals surface area contributed by atoms with Gasteiger partial charge in [0.2, 0.25) is 5.95 Å². The summed E-state index contributed by atoms with van der Waals surface area (Å²) in [5.74, 6) is 1.82. The lowest BCUT2D eigenvalue weighted by Gasteiger charge is -2.15. The number of hydrogen-bond acceptors (Lipinski definition) is 5. The van der Waals surface area contributed by atoms with Gasteiger partial charge in [0, 0.05) is 12.6 Å². The van der Waals surface area contributed by atoms with Gasteiger partial charge in [0.25, 0.3) is 0 Å². The molecule has 1 heterocycles. The quantitative estimate of drug-likeness (QED) is 0.845. The number of rotatable bonds is 6. The molecular weight excluding hydrogens is 250 g/mol. The molecule has 2 aromatic rings. The van der Waals surface area contributed by atoms with Crippen molar-refractivity contribution in [1.82, 2.24) is 15.2 Å². The second kappa shape index (κ2) is 6.84. The van der Waals surface area contributed by atoms with Gasteiger partial charge in [-0.1, -0.05) is 44.2 Å². The Labute approximate surface area is 119 Å². The molecule has 0 aliphatic carbocycles. The van der Waals surface area contributed by atoms with Crippen LogP contribution in [0.25, 0.3) is 0 Å². The third-order valence-electron chi connectivity index (χ3n) is 2.89. The molecule has 0 amide bonds. The lowest BCUT2D eigenvalue weighted by atomic mass is 10.1. The van der Waals surface area contributed by atoms with Gasteiger partial charge in [-0.3, -0.25) is 0 Å². The third kappa shape index (κ3) is 4.19. The zero-order valence-corrected chi connectivity index (χ0v) is 12.2. The highest BCUT2D eigenvalue weighted by molar-refractivity contribution is 5.39. The van der Waals surface area contributed by atoms with Crippen molar-refractivity contribution in [3.8, 4) is 0 Å². The number of nitrogens with zero attached hydrogens (tertiary/aromatic N) is 3. The highest BCUT2D eigenvalue weighted by Gasteiger charge is 2.07. The van der Waals surface area contributed by atoms with E-state index in [0.29, 0.717) is 11.9 Å². The van der Waals surface area contributed by atoms with Crippen LogP contribution in [0, 0.1) is 5.92 Å². The summed E-state index contributed by atoms with van der Waals surface area (Å²) in [5.41, 5.74) is 1.21. The standard InChI is InChI=1S/C15H21N5/c1-11(2)9-16-15-19-14(10-17-20-15)18-12(3)13-7-5-4-6-8-13/h4-8,10-12H,9H2,1-3H3,(H2,16,18,19,20). The summed E-state index contributed by atoms with van der Waals surface area (Å²) in [6.07, 6.45) is 1.64. The largest absolute Gasteiger partial charge is 0.362 e. The number of nitrogens with one attached hydrogen (secondary N) is 2. The maximum absolute atomic E-state index is 4.41.